The van der Waals surface area contributed by atoms with Gasteiger partial charge in [0.15, 0.2) is 0 Å². The van der Waals surface area contributed by atoms with E-state index >= 15 is 0 Å². The number of aliphatic hydroxyl groups excluding tert-OH is 1. The zero-order valence-electron chi connectivity index (χ0n) is 9.30. The normalized spacial score (nSPS) is 17.8. The summed E-state index contributed by atoms with van der Waals surface area (Å²) in [5.74, 6) is 1.72. The second kappa shape index (κ2) is 5.21. The van der Waals surface area contributed by atoms with Crippen molar-refractivity contribution >= 4 is 0 Å². The van der Waals surface area contributed by atoms with Crippen LogP contribution in [0.25, 0.3) is 0 Å². The molecule has 0 aromatic heterocycles. The third-order valence-corrected chi connectivity index (χ3v) is 3.33. The number of rotatable bonds is 5. The molecule has 1 aromatic carbocycles. The SMILES string of the molecule is OCC(COc1cccc(O)c1)C1CCC1. The van der Waals surface area contributed by atoms with Gasteiger partial charge in [0.2, 0.25) is 0 Å². The Morgan fingerprint density at radius 1 is 1.38 bits per heavy atom. The molecule has 0 amide bonds. The lowest BCUT2D eigenvalue weighted by molar-refractivity contribution is 0.0795. The van der Waals surface area contributed by atoms with Crippen molar-refractivity contribution in [2.24, 2.45) is 11.8 Å². The van der Waals surface area contributed by atoms with Gasteiger partial charge < -0.3 is 14.9 Å². The summed E-state index contributed by atoms with van der Waals surface area (Å²) < 4.78 is 5.58. The Bertz CT molecular complexity index is 334. The van der Waals surface area contributed by atoms with Crippen molar-refractivity contribution in [1.82, 2.24) is 0 Å². The summed E-state index contributed by atoms with van der Waals surface area (Å²) in [5, 5.41) is 18.5. The molecule has 0 saturated heterocycles. The smallest absolute Gasteiger partial charge is 0.122 e. The molecule has 16 heavy (non-hydrogen) atoms. The highest BCUT2D eigenvalue weighted by Crippen LogP contribution is 2.33. The summed E-state index contributed by atoms with van der Waals surface area (Å²) in [5.41, 5.74) is 0. The number of aliphatic hydroxyl groups is 1. The van der Waals surface area contributed by atoms with Crippen molar-refractivity contribution < 1.29 is 14.9 Å². The zero-order valence-corrected chi connectivity index (χ0v) is 9.30. The van der Waals surface area contributed by atoms with Crippen LogP contribution >= 0.6 is 0 Å². The van der Waals surface area contributed by atoms with Crippen molar-refractivity contribution in [3.63, 3.8) is 0 Å². The first kappa shape index (κ1) is 11.3. The lowest BCUT2D eigenvalue weighted by atomic mass is 9.76. The lowest BCUT2D eigenvalue weighted by Crippen LogP contribution is -2.29. The van der Waals surface area contributed by atoms with Gasteiger partial charge in [-0.2, -0.15) is 0 Å². The first-order valence-corrected chi connectivity index (χ1v) is 5.82. The number of hydrogen-bond donors (Lipinski definition) is 2. The fraction of sp³-hybridized carbons (Fsp3) is 0.538. The van der Waals surface area contributed by atoms with Crippen molar-refractivity contribution in [1.29, 1.82) is 0 Å². The summed E-state index contributed by atoms with van der Waals surface area (Å²) in [7, 11) is 0. The average molecular weight is 222 g/mol. The molecule has 3 nitrogen and oxygen atoms in total. The van der Waals surface area contributed by atoms with E-state index in [0.29, 0.717) is 18.3 Å². The largest absolute Gasteiger partial charge is 0.508 e. The minimum Gasteiger partial charge on any atom is -0.508 e. The quantitative estimate of drug-likeness (QED) is 0.802. The van der Waals surface area contributed by atoms with E-state index in [0.717, 1.165) is 0 Å². The highest BCUT2D eigenvalue weighted by atomic mass is 16.5. The molecule has 1 atom stereocenters. The molecular formula is C13H18O3. The van der Waals surface area contributed by atoms with Gasteiger partial charge in [0.1, 0.15) is 11.5 Å². The van der Waals surface area contributed by atoms with Crippen LogP contribution in [0.1, 0.15) is 19.3 Å². The first-order chi connectivity index (χ1) is 7.79. The molecule has 0 spiro atoms. The Labute approximate surface area is 95.7 Å². The maximum absolute atomic E-state index is 9.27. The van der Waals surface area contributed by atoms with Crippen molar-refractivity contribution in [2.45, 2.75) is 19.3 Å². The van der Waals surface area contributed by atoms with Gasteiger partial charge in [0.05, 0.1) is 6.61 Å². The summed E-state index contributed by atoms with van der Waals surface area (Å²) in [6, 6.07) is 6.77. The Morgan fingerprint density at radius 3 is 2.75 bits per heavy atom. The Kier molecular flexibility index (Phi) is 3.67. The second-order valence-corrected chi connectivity index (χ2v) is 4.44. The van der Waals surface area contributed by atoms with Crippen molar-refractivity contribution in [3.05, 3.63) is 24.3 Å². The Morgan fingerprint density at radius 2 is 2.19 bits per heavy atom. The van der Waals surface area contributed by atoms with Crippen LogP contribution in [0.2, 0.25) is 0 Å². The monoisotopic (exact) mass is 222 g/mol. The first-order valence-electron chi connectivity index (χ1n) is 5.82. The average Bonchev–Trinajstić information content (AvgIpc) is 2.21. The van der Waals surface area contributed by atoms with Crippen LogP contribution in [0.5, 0.6) is 11.5 Å². The van der Waals surface area contributed by atoms with Crippen molar-refractivity contribution in [3.8, 4) is 11.5 Å². The highest BCUT2D eigenvalue weighted by molar-refractivity contribution is 5.31. The van der Waals surface area contributed by atoms with E-state index in [1.807, 2.05) is 6.07 Å². The van der Waals surface area contributed by atoms with Crippen LogP contribution in [0, 0.1) is 11.8 Å². The molecule has 1 aliphatic rings. The fourth-order valence-corrected chi connectivity index (χ4v) is 2.03. The highest BCUT2D eigenvalue weighted by Gasteiger charge is 2.27. The van der Waals surface area contributed by atoms with Crippen molar-refractivity contribution in [2.75, 3.05) is 13.2 Å². The molecule has 1 fully saturated rings. The molecule has 0 aliphatic heterocycles. The van der Waals surface area contributed by atoms with Crippen LogP contribution in [-0.2, 0) is 0 Å². The van der Waals surface area contributed by atoms with E-state index < -0.39 is 0 Å². The van der Waals surface area contributed by atoms with E-state index in [1.165, 1.54) is 19.3 Å². The number of phenolic OH excluding ortho intramolecular Hbond substituents is 1. The van der Waals surface area contributed by atoms with Crippen LogP contribution < -0.4 is 4.74 Å². The van der Waals surface area contributed by atoms with Gasteiger partial charge in [0, 0.05) is 18.6 Å². The third-order valence-electron chi connectivity index (χ3n) is 3.33. The van der Waals surface area contributed by atoms with E-state index in [1.54, 1.807) is 18.2 Å². The number of ether oxygens (including phenoxy) is 1. The number of benzene rings is 1. The molecule has 1 aliphatic carbocycles. The van der Waals surface area contributed by atoms with Gasteiger partial charge in [-0.1, -0.05) is 12.5 Å². The van der Waals surface area contributed by atoms with Gasteiger partial charge in [-0.05, 0) is 30.9 Å². The summed E-state index contributed by atoms with van der Waals surface area (Å²) in [4.78, 5) is 0. The molecule has 0 heterocycles. The molecule has 1 unspecified atom stereocenters. The van der Waals surface area contributed by atoms with E-state index in [-0.39, 0.29) is 18.3 Å². The lowest BCUT2D eigenvalue weighted by Gasteiger charge is -2.32. The molecule has 2 N–H and O–H groups in total. The van der Waals surface area contributed by atoms with Gasteiger partial charge in [-0.3, -0.25) is 0 Å². The predicted molar refractivity (Wildman–Crippen MR) is 61.5 cm³/mol. The summed E-state index contributed by atoms with van der Waals surface area (Å²) >= 11 is 0. The van der Waals surface area contributed by atoms with Crippen LogP contribution in [0.4, 0.5) is 0 Å². The predicted octanol–water partition coefficient (Wildman–Crippen LogP) is 2.18. The van der Waals surface area contributed by atoms with E-state index in [9.17, 15) is 10.2 Å². The van der Waals surface area contributed by atoms with E-state index in [4.69, 9.17) is 4.74 Å². The molecular weight excluding hydrogens is 204 g/mol. The molecule has 1 saturated carbocycles. The Hall–Kier alpha value is -1.22. The fourth-order valence-electron chi connectivity index (χ4n) is 2.03. The van der Waals surface area contributed by atoms with Gasteiger partial charge in [-0.15, -0.1) is 0 Å². The minimum absolute atomic E-state index is 0.184. The maximum atomic E-state index is 9.27. The molecule has 0 bridgehead atoms. The van der Waals surface area contributed by atoms with Crippen LogP contribution in [-0.4, -0.2) is 23.4 Å². The standard InChI is InChI=1S/C13H18O3/c14-8-11(10-3-1-4-10)9-16-13-6-2-5-12(15)7-13/h2,5-7,10-11,14-15H,1,3-4,8-9H2. The number of phenols is 1. The minimum atomic E-state index is 0.184. The summed E-state index contributed by atoms with van der Waals surface area (Å²) in [6.45, 7) is 0.716. The topological polar surface area (TPSA) is 49.7 Å². The maximum Gasteiger partial charge on any atom is 0.122 e. The molecule has 3 heteroatoms. The van der Waals surface area contributed by atoms with Crippen LogP contribution in [0.15, 0.2) is 24.3 Å². The van der Waals surface area contributed by atoms with Gasteiger partial charge >= 0.3 is 0 Å². The zero-order chi connectivity index (χ0) is 11.4. The molecule has 1 aromatic rings. The number of aromatic hydroxyl groups is 1. The summed E-state index contributed by atoms with van der Waals surface area (Å²) in [6.07, 6.45) is 3.68. The van der Waals surface area contributed by atoms with Gasteiger partial charge in [0.25, 0.3) is 0 Å². The van der Waals surface area contributed by atoms with Crippen LogP contribution in [0.3, 0.4) is 0 Å². The number of hydrogen-bond acceptors (Lipinski definition) is 3. The Balaban J connectivity index is 1.85. The molecule has 2 rings (SSSR count). The third kappa shape index (κ3) is 2.67. The van der Waals surface area contributed by atoms with E-state index in [2.05, 4.69) is 0 Å². The second-order valence-electron chi connectivity index (χ2n) is 4.44. The molecule has 0 radical (unpaired) electrons. The van der Waals surface area contributed by atoms with Gasteiger partial charge in [-0.25, -0.2) is 0 Å². The molecule has 88 valence electrons.